The molecular weight excluding hydrogens is 390 g/mol. The van der Waals surface area contributed by atoms with Crippen LogP contribution in [0.5, 0.6) is 0 Å². The predicted octanol–water partition coefficient (Wildman–Crippen LogP) is 1.98. The van der Waals surface area contributed by atoms with E-state index in [4.69, 9.17) is 11.6 Å². The minimum atomic E-state index is -3.14. The van der Waals surface area contributed by atoms with Crippen molar-refractivity contribution >= 4 is 21.6 Å². The zero-order chi connectivity index (χ0) is 19.0. The second-order valence-corrected chi connectivity index (χ2v) is 8.91. The summed E-state index contributed by atoms with van der Waals surface area (Å²) in [5, 5.41) is 16.1. The number of nitrogens with zero attached hydrogens (tertiary/aromatic N) is 6. The molecule has 9 nitrogen and oxygen atoms in total. The Morgan fingerprint density at radius 2 is 1.89 bits per heavy atom. The van der Waals surface area contributed by atoms with Gasteiger partial charge in [0.2, 0.25) is 10.0 Å². The number of rotatable bonds is 4. The standard InChI is InChI=1S/C16H18ClN7O2S/c1-27(25,26)23-8-6-13(7-9-23)24-10-14(19-22-24)16-18-15(20-21-16)11-2-4-12(17)5-3-11/h2-5,10,13H,6-9H2,1H3,(H,18,20,21). The number of aromatic amines is 1. The van der Waals surface area contributed by atoms with Crippen molar-refractivity contribution in [3.63, 3.8) is 0 Å². The van der Waals surface area contributed by atoms with Crippen molar-refractivity contribution in [3.8, 4) is 22.9 Å². The summed E-state index contributed by atoms with van der Waals surface area (Å²) in [7, 11) is -3.14. The molecule has 0 bridgehead atoms. The van der Waals surface area contributed by atoms with Crippen molar-refractivity contribution in [2.24, 2.45) is 0 Å². The van der Waals surface area contributed by atoms with E-state index in [0.717, 1.165) is 5.56 Å². The van der Waals surface area contributed by atoms with E-state index in [1.54, 1.807) is 16.8 Å². The summed E-state index contributed by atoms with van der Waals surface area (Å²) < 4.78 is 26.5. The molecule has 0 radical (unpaired) electrons. The second-order valence-electron chi connectivity index (χ2n) is 6.49. The Morgan fingerprint density at radius 1 is 1.19 bits per heavy atom. The Bertz CT molecular complexity index is 1040. The summed E-state index contributed by atoms with van der Waals surface area (Å²) in [4.78, 5) is 4.47. The van der Waals surface area contributed by atoms with E-state index in [1.165, 1.54) is 10.6 Å². The highest BCUT2D eigenvalue weighted by Crippen LogP contribution is 2.25. The lowest BCUT2D eigenvalue weighted by atomic mass is 10.1. The molecule has 3 aromatic rings. The number of H-pyrrole nitrogens is 1. The van der Waals surface area contributed by atoms with Crippen LogP contribution >= 0.6 is 11.6 Å². The third kappa shape index (κ3) is 3.87. The number of halogens is 1. The van der Waals surface area contributed by atoms with Crippen LogP contribution in [0.1, 0.15) is 18.9 Å². The maximum atomic E-state index is 11.6. The van der Waals surface area contributed by atoms with Crippen LogP contribution in [0.4, 0.5) is 0 Å². The maximum absolute atomic E-state index is 11.6. The van der Waals surface area contributed by atoms with Crippen LogP contribution in [0.15, 0.2) is 30.5 Å². The first-order chi connectivity index (χ1) is 12.9. The number of piperidine rings is 1. The molecule has 4 rings (SSSR count). The third-order valence-electron chi connectivity index (χ3n) is 4.61. The third-order valence-corrected chi connectivity index (χ3v) is 6.16. The van der Waals surface area contributed by atoms with Crippen molar-refractivity contribution in [3.05, 3.63) is 35.5 Å². The Kier molecular flexibility index (Phi) is 4.70. The summed E-state index contributed by atoms with van der Waals surface area (Å²) in [6.07, 6.45) is 4.45. The largest absolute Gasteiger partial charge is 0.257 e. The van der Waals surface area contributed by atoms with Gasteiger partial charge in [-0.15, -0.1) is 5.10 Å². The highest BCUT2D eigenvalue weighted by atomic mass is 35.5. The highest BCUT2D eigenvalue weighted by molar-refractivity contribution is 7.88. The van der Waals surface area contributed by atoms with Gasteiger partial charge in [-0.2, -0.15) is 5.10 Å². The molecule has 0 aliphatic carbocycles. The van der Waals surface area contributed by atoms with E-state index in [-0.39, 0.29) is 6.04 Å². The average Bonchev–Trinajstić information content (AvgIpc) is 3.31. The quantitative estimate of drug-likeness (QED) is 0.708. The van der Waals surface area contributed by atoms with Crippen LogP contribution in [0.25, 0.3) is 22.9 Å². The fourth-order valence-electron chi connectivity index (χ4n) is 3.11. The van der Waals surface area contributed by atoms with E-state index in [9.17, 15) is 8.42 Å². The molecule has 27 heavy (non-hydrogen) atoms. The number of hydrogen-bond donors (Lipinski definition) is 1. The first-order valence-electron chi connectivity index (χ1n) is 8.46. The number of hydrogen-bond acceptors (Lipinski definition) is 6. The molecule has 1 aromatic carbocycles. The molecule has 1 N–H and O–H groups in total. The van der Waals surface area contributed by atoms with Gasteiger partial charge in [-0.1, -0.05) is 16.8 Å². The van der Waals surface area contributed by atoms with Gasteiger partial charge < -0.3 is 0 Å². The van der Waals surface area contributed by atoms with Gasteiger partial charge in [-0.25, -0.2) is 22.4 Å². The van der Waals surface area contributed by atoms with Gasteiger partial charge >= 0.3 is 0 Å². The number of aromatic nitrogens is 6. The minimum absolute atomic E-state index is 0.114. The van der Waals surface area contributed by atoms with Gasteiger partial charge in [0.1, 0.15) is 5.69 Å². The van der Waals surface area contributed by atoms with Gasteiger partial charge in [-0.3, -0.25) is 5.10 Å². The van der Waals surface area contributed by atoms with Gasteiger partial charge in [0.05, 0.1) is 18.5 Å². The monoisotopic (exact) mass is 407 g/mol. The maximum Gasteiger partial charge on any atom is 0.211 e. The van der Waals surface area contributed by atoms with Crippen molar-refractivity contribution in [2.75, 3.05) is 19.3 Å². The highest BCUT2D eigenvalue weighted by Gasteiger charge is 2.26. The van der Waals surface area contributed by atoms with Gasteiger partial charge in [0, 0.05) is 23.7 Å². The van der Waals surface area contributed by atoms with Crippen molar-refractivity contribution in [1.29, 1.82) is 0 Å². The lowest BCUT2D eigenvalue weighted by Crippen LogP contribution is -2.38. The molecule has 0 amide bonds. The minimum Gasteiger partial charge on any atom is -0.257 e. The van der Waals surface area contributed by atoms with Gasteiger partial charge in [0.25, 0.3) is 0 Å². The average molecular weight is 408 g/mol. The number of sulfonamides is 1. The van der Waals surface area contributed by atoms with Gasteiger partial charge in [-0.05, 0) is 37.1 Å². The van der Waals surface area contributed by atoms with E-state index < -0.39 is 10.0 Å². The zero-order valence-corrected chi connectivity index (χ0v) is 16.2. The number of nitrogens with one attached hydrogen (secondary N) is 1. The lowest BCUT2D eigenvalue weighted by Gasteiger charge is -2.29. The summed E-state index contributed by atoms with van der Waals surface area (Å²) in [5.74, 6) is 1.08. The van der Waals surface area contributed by atoms with Gasteiger partial charge in [0.15, 0.2) is 11.6 Å². The zero-order valence-electron chi connectivity index (χ0n) is 14.6. The Morgan fingerprint density at radius 3 is 2.56 bits per heavy atom. The van der Waals surface area contributed by atoms with E-state index in [0.29, 0.717) is 48.3 Å². The molecule has 2 aromatic heterocycles. The molecule has 0 saturated carbocycles. The van der Waals surface area contributed by atoms with Crippen LogP contribution < -0.4 is 0 Å². The first kappa shape index (κ1) is 18.1. The smallest absolute Gasteiger partial charge is 0.211 e. The molecule has 1 aliphatic rings. The Balaban J connectivity index is 1.48. The second kappa shape index (κ2) is 7.02. The molecule has 0 atom stereocenters. The van der Waals surface area contributed by atoms with E-state index in [2.05, 4.69) is 25.5 Å². The van der Waals surface area contributed by atoms with Crippen LogP contribution in [0, 0.1) is 0 Å². The molecule has 0 spiro atoms. The molecule has 0 unspecified atom stereocenters. The van der Waals surface area contributed by atoms with E-state index in [1.807, 2.05) is 18.3 Å². The predicted molar refractivity (Wildman–Crippen MR) is 101 cm³/mol. The van der Waals surface area contributed by atoms with Crippen LogP contribution in [-0.2, 0) is 10.0 Å². The first-order valence-corrected chi connectivity index (χ1v) is 10.7. The molecule has 142 valence electrons. The van der Waals surface area contributed by atoms with Crippen LogP contribution in [0.2, 0.25) is 5.02 Å². The van der Waals surface area contributed by atoms with E-state index >= 15 is 0 Å². The normalized spacial score (nSPS) is 16.7. The Labute approximate surface area is 161 Å². The van der Waals surface area contributed by atoms with Crippen molar-refractivity contribution in [2.45, 2.75) is 18.9 Å². The molecular formula is C16H18ClN7O2S. The molecule has 11 heteroatoms. The summed E-state index contributed by atoms with van der Waals surface area (Å²) in [6.45, 7) is 0.976. The van der Waals surface area contributed by atoms with Crippen molar-refractivity contribution < 1.29 is 8.42 Å². The summed E-state index contributed by atoms with van der Waals surface area (Å²) >= 11 is 5.90. The van der Waals surface area contributed by atoms with Crippen molar-refractivity contribution in [1.82, 2.24) is 34.5 Å². The topological polar surface area (TPSA) is 110 Å². The molecule has 1 saturated heterocycles. The fourth-order valence-corrected chi connectivity index (χ4v) is 4.11. The molecule has 3 heterocycles. The fraction of sp³-hybridized carbons (Fsp3) is 0.375. The molecule has 1 aliphatic heterocycles. The number of benzene rings is 1. The van der Waals surface area contributed by atoms with Crippen LogP contribution in [-0.4, -0.2) is 62.2 Å². The molecule has 1 fully saturated rings. The Hall–Kier alpha value is -2.30. The summed E-state index contributed by atoms with van der Waals surface area (Å²) in [5.41, 5.74) is 1.44. The SMILES string of the molecule is CS(=O)(=O)N1CCC(n2cc(-c3nc(-c4ccc(Cl)cc4)n[nH]3)nn2)CC1. The van der Waals surface area contributed by atoms with Crippen LogP contribution in [0.3, 0.4) is 0 Å². The summed E-state index contributed by atoms with van der Waals surface area (Å²) in [6, 6.07) is 7.38. The lowest BCUT2D eigenvalue weighted by molar-refractivity contribution is 0.259.